The third-order valence-electron chi connectivity index (χ3n) is 3.86. The number of esters is 1. The van der Waals surface area contributed by atoms with E-state index in [4.69, 9.17) is 0 Å². The van der Waals surface area contributed by atoms with E-state index in [1.165, 1.54) is 7.11 Å². The van der Waals surface area contributed by atoms with Gasteiger partial charge in [0, 0.05) is 12.6 Å². The number of halogens is 1. The molecule has 0 spiro atoms. The van der Waals surface area contributed by atoms with Gasteiger partial charge in [-0.15, -0.1) is 12.4 Å². The van der Waals surface area contributed by atoms with E-state index < -0.39 is 16.0 Å². The summed E-state index contributed by atoms with van der Waals surface area (Å²) >= 11 is 0. The summed E-state index contributed by atoms with van der Waals surface area (Å²) in [6.07, 6.45) is 0.949. The fraction of sp³-hybridized carbons (Fsp3) is 0.533. The first-order valence-corrected chi connectivity index (χ1v) is 8.94. The average molecular weight is 363 g/mol. The quantitative estimate of drug-likeness (QED) is 0.771. The zero-order valence-electron chi connectivity index (χ0n) is 13.2. The number of carbonyl (C=O) groups is 1. The number of sulfonamides is 1. The molecule has 8 heteroatoms. The van der Waals surface area contributed by atoms with E-state index in [0.717, 1.165) is 13.0 Å². The highest BCUT2D eigenvalue weighted by Gasteiger charge is 2.25. The minimum atomic E-state index is -3.46. The molecule has 0 radical (unpaired) electrons. The molecule has 2 unspecified atom stereocenters. The van der Waals surface area contributed by atoms with Crippen molar-refractivity contribution in [2.24, 2.45) is 5.92 Å². The summed E-state index contributed by atoms with van der Waals surface area (Å²) in [7, 11) is -2.16. The molecular weight excluding hydrogens is 340 g/mol. The number of ether oxygens (including phenoxy) is 1. The van der Waals surface area contributed by atoms with Gasteiger partial charge < -0.3 is 10.1 Å². The number of hydrogen-bond donors (Lipinski definition) is 2. The number of piperidine rings is 1. The number of nitrogens with one attached hydrogen (secondary N) is 2. The Hall–Kier alpha value is -1.15. The fourth-order valence-electron chi connectivity index (χ4n) is 2.55. The highest BCUT2D eigenvalue weighted by atomic mass is 35.5. The molecule has 1 aromatic rings. The first-order chi connectivity index (χ1) is 10.4. The molecule has 6 nitrogen and oxygen atoms in total. The Morgan fingerprint density at radius 1 is 1.43 bits per heavy atom. The van der Waals surface area contributed by atoms with Gasteiger partial charge in [-0.1, -0.05) is 19.1 Å². The van der Waals surface area contributed by atoms with E-state index in [1.54, 1.807) is 24.3 Å². The minimum Gasteiger partial charge on any atom is -0.465 e. The van der Waals surface area contributed by atoms with Crippen LogP contribution in [0.1, 0.15) is 29.3 Å². The monoisotopic (exact) mass is 362 g/mol. The van der Waals surface area contributed by atoms with Crippen molar-refractivity contribution < 1.29 is 17.9 Å². The molecule has 0 aromatic heterocycles. The highest BCUT2D eigenvalue weighted by Crippen LogP contribution is 2.14. The summed E-state index contributed by atoms with van der Waals surface area (Å²) in [5.74, 6) is -0.323. The van der Waals surface area contributed by atoms with Crippen molar-refractivity contribution in [1.82, 2.24) is 10.0 Å². The van der Waals surface area contributed by atoms with E-state index in [9.17, 15) is 13.2 Å². The molecule has 1 saturated heterocycles. The lowest BCUT2D eigenvalue weighted by atomic mass is 9.96. The third-order valence-corrected chi connectivity index (χ3v) is 5.24. The van der Waals surface area contributed by atoms with Crippen molar-refractivity contribution in [3.05, 3.63) is 35.4 Å². The molecule has 2 atom stereocenters. The normalized spacial score (nSPS) is 21.3. The SMILES string of the molecule is COC(=O)c1cccc(CS(=O)(=O)NC2CNCCC2C)c1.Cl. The van der Waals surface area contributed by atoms with Gasteiger partial charge in [-0.25, -0.2) is 17.9 Å². The highest BCUT2D eigenvalue weighted by molar-refractivity contribution is 7.88. The second kappa shape index (κ2) is 8.63. The van der Waals surface area contributed by atoms with Gasteiger partial charge in [0.2, 0.25) is 10.0 Å². The van der Waals surface area contributed by atoms with Crippen LogP contribution in [-0.2, 0) is 20.5 Å². The molecule has 1 aromatic carbocycles. The summed E-state index contributed by atoms with van der Waals surface area (Å²) in [6, 6.07) is 6.40. The number of benzene rings is 1. The fourth-order valence-corrected chi connectivity index (χ4v) is 4.02. The van der Waals surface area contributed by atoms with Crippen molar-refractivity contribution in [3.63, 3.8) is 0 Å². The van der Waals surface area contributed by atoms with Crippen LogP contribution in [0, 0.1) is 5.92 Å². The van der Waals surface area contributed by atoms with Gasteiger partial charge in [0.15, 0.2) is 0 Å². The summed E-state index contributed by atoms with van der Waals surface area (Å²) < 4.78 is 32.0. The van der Waals surface area contributed by atoms with Crippen molar-refractivity contribution >= 4 is 28.4 Å². The number of carbonyl (C=O) groups excluding carboxylic acids is 1. The van der Waals surface area contributed by atoms with Crippen LogP contribution in [0.4, 0.5) is 0 Å². The Morgan fingerprint density at radius 3 is 2.83 bits per heavy atom. The van der Waals surface area contributed by atoms with Crippen LogP contribution in [0.15, 0.2) is 24.3 Å². The molecule has 23 heavy (non-hydrogen) atoms. The summed E-state index contributed by atoms with van der Waals surface area (Å²) in [5.41, 5.74) is 0.912. The summed E-state index contributed by atoms with van der Waals surface area (Å²) in [4.78, 5) is 11.5. The molecular formula is C15H23ClN2O4S. The predicted molar refractivity (Wildman–Crippen MR) is 91.2 cm³/mol. The topological polar surface area (TPSA) is 84.5 Å². The van der Waals surface area contributed by atoms with E-state index in [2.05, 4.69) is 14.8 Å². The van der Waals surface area contributed by atoms with Gasteiger partial charge in [0.05, 0.1) is 18.4 Å². The van der Waals surface area contributed by atoms with Crippen molar-refractivity contribution in [3.8, 4) is 0 Å². The number of hydrogen-bond acceptors (Lipinski definition) is 5. The molecule has 130 valence electrons. The maximum Gasteiger partial charge on any atom is 0.337 e. The lowest BCUT2D eigenvalue weighted by Crippen LogP contribution is -2.50. The van der Waals surface area contributed by atoms with Crippen LogP contribution < -0.4 is 10.0 Å². The Bertz CT molecular complexity index is 636. The minimum absolute atomic E-state index is 0. The van der Waals surface area contributed by atoms with Crippen LogP contribution in [0.5, 0.6) is 0 Å². The van der Waals surface area contributed by atoms with Crippen molar-refractivity contribution in [2.75, 3.05) is 20.2 Å². The smallest absolute Gasteiger partial charge is 0.337 e. The predicted octanol–water partition coefficient (Wildman–Crippen LogP) is 1.31. The molecule has 0 aliphatic carbocycles. The maximum atomic E-state index is 12.3. The van der Waals surface area contributed by atoms with E-state index in [0.29, 0.717) is 23.6 Å². The number of methoxy groups -OCH3 is 1. The van der Waals surface area contributed by atoms with Crippen LogP contribution in [0.25, 0.3) is 0 Å². The molecule has 1 aliphatic heterocycles. The summed E-state index contributed by atoms with van der Waals surface area (Å²) in [5, 5.41) is 3.20. The van der Waals surface area contributed by atoms with Crippen molar-refractivity contribution in [2.45, 2.75) is 25.1 Å². The molecule has 1 heterocycles. The average Bonchev–Trinajstić information content (AvgIpc) is 2.48. The van der Waals surface area contributed by atoms with Gasteiger partial charge >= 0.3 is 5.97 Å². The van der Waals surface area contributed by atoms with Gasteiger partial charge in [-0.2, -0.15) is 0 Å². The van der Waals surface area contributed by atoms with Gasteiger partial charge in [-0.05, 0) is 36.6 Å². The Morgan fingerprint density at radius 2 is 2.17 bits per heavy atom. The number of rotatable bonds is 5. The Kier molecular flexibility index (Phi) is 7.47. The standard InChI is InChI=1S/C15H22N2O4S.ClH/c1-11-6-7-16-9-14(11)17-22(19,20)10-12-4-3-5-13(8-12)15(18)21-2;/h3-5,8,11,14,16-17H,6-7,9-10H2,1-2H3;1H. The van der Waals surface area contributed by atoms with E-state index in [-0.39, 0.29) is 24.2 Å². The molecule has 0 bridgehead atoms. The van der Waals surface area contributed by atoms with Gasteiger partial charge in [0.25, 0.3) is 0 Å². The molecule has 1 aliphatic rings. The summed E-state index contributed by atoms with van der Waals surface area (Å²) in [6.45, 7) is 3.61. The Balaban J connectivity index is 0.00000264. The lowest BCUT2D eigenvalue weighted by Gasteiger charge is -2.30. The zero-order valence-corrected chi connectivity index (χ0v) is 14.9. The second-order valence-corrected chi connectivity index (χ2v) is 7.40. The molecule has 0 amide bonds. The molecule has 2 rings (SSSR count). The van der Waals surface area contributed by atoms with Crippen LogP contribution in [0.2, 0.25) is 0 Å². The first kappa shape index (κ1) is 19.9. The molecule has 0 saturated carbocycles. The largest absolute Gasteiger partial charge is 0.465 e. The molecule has 1 fully saturated rings. The lowest BCUT2D eigenvalue weighted by molar-refractivity contribution is 0.0600. The van der Waals surface area contributed by atoms with Gasteiger partial charge in [0.1, 0.15) is 0 Å². The van der Waals surface area contributed by atoms with Crippen LogP contribution in [-0.4, -0.2) is 40.6 Å². The Labute approximate surface area is 143 Å². The molecule has 2 N–H and O–H groups in total. The maximum absolute atomic E-state index is 12.3. The third kappa shape index (κ3) is 5.76. The van der Waals surface area contributed by atoms with Crippen molar-refractivity contribution in [1.29, 1.82) is 0 Å². The van der Waals surface area contributed by atoms with Crippen LogP contribution in [0.3, 0.4) is 0 Å². The van der Waals surface area contributed by atoms with E-state index >= 15 is 0 Å². The second-order valence-electron chi connectivity index (χ2n) is 5.65. The first-order valence-electron chi connectivity index (χ1n) is 7.29. The van der Waals surface area contributed by atoms with Crippen LogP contribution >= 0.6 is 12.4 Å². The van der Waals surface area contributed by atoms with E-state index in [1.807, 2.05) is 6.92 Å². The van der Waals surface area contributed by atoms with Gasteiger partial charge in [-0.3, -0.25) is 0 Å². The zero-order chi connectivity index (χ0) is 16.2.